The number of rotatable bonds is 6. The predicted molar refractivity (Wildman–Crippen MR) is 129 cm³/mol. The van der Waals surface area contributed by atoms with Gasteiger partial charge in [-0.3, -0.25) is 9.59 Å². The molecular formula is C26H24N3O4S+. The highest BCUT2D eigenvalue weighted by molar-refractivity contribution is 8.03. The number of amides is 2. The van der Waals surface area contributed by atoms with E-state index in [0.717, 1.165) is 26.7 Å². The number of hydrogen-bond acceptors (Lipinski definition) is 6. The van der Waals surface area contributed by atoms with Crippen molar-refractivity contribution in [2.24, 2.45) is 7.05 Å². The summed E-state index contributed by atoms with van der Waals surface area (Å²) in [7, 11) is 2.04. The van der Waals surface area contributed by atoms with Gasteiger partial charge in [0.25, 0.3) is 11.8 Å². The van der Waals surface area contributed by atoms with Gasteiger partial charge in [0.1, 0.15) is 7.05 Å². The molecule has 0 spiro atoms. The summed E-state index contributed by atoms with van der Waals surface area (Å²) in [6.45, 7) is 0.603. The molecule has 0 radical (unpaired) electrons. The van der Waals surface area contributed by atoms with Crippen LogP contribution < -0.4 is 9.47 Å². The standard InChI is InChI=1S/C26H24N3O4S/c1-27-16-14-18(19-7-2-3-8-20(19)27)17-25-28(21-9-4-5-10-22(21)34-25)15-6-11-26(32)33-29-23(30)12-13-24(29)31/h2-5,7-10,14,16-17H,6,11-13,15H2,1H3/q+1. The van der Waals surface area contributed by atoms with Gasteiger partial charge in [-0.25, -0.2) is 9.36 Å². The highest BCUT2D eigenvalue weighted by Crippen LogP contribution is 2.46. The van der Waals surface area contributed by atoms with Crippen LogP contribution in [0.1, 0.15) is 31.2 Å². The van der Waals surface area contributed by atoms with Crippen molar-refractivity contribution in [1.82, 2.24) is 5.06 Å². The predicted octanol–water partition coefficient (Wildman–Crippen LogP) is 3.96. The fraction of sp³-hybridized carbons (Fsp3) is 0.231. The molecule has 1 aromatic heterocycles. The largest absolute Gasteiger partial charge is 0.335 e. The summed E-state index contributed by atoms with van der Waals surface area (Å²) < 4.78 is 2.10. The van der Waals surface area contributed by atoms with Crippen LogP contribution >= 0.6 is 11.8 Å². The van der Waals surface area contributed by atoms with E-state index in [1.54, 1.807) is 11.8 Å². The van der Waals surface area contributed by atoms with Crippen molar-refractivity contribution in [1.29, 1.82) is 0 Å². The van der Waals surface area contributed by atoms with E-state index < -0.39 is 17.8 Å². The number of fused-ring (bicyclic) bond motifs is 2. The Balaban J connectivity index is 1.35. The second-order valence-corrected chi connectivity index (χ2v) is 9.31. The maximum absolute atomic E-state index is 12.3. The summed E-state index contributed by atoms with van der Waals surface area (Å²) in [4.78, 5) is 44.0. The van der Waals surface area contributed by atoms with Crippen LogP contribution in [0.5, 0.6) is 0 Å². The first kappa shape index (κ1) is 22.2. The van der Waals surface area contributed by atoms with E-state index in [1.807, 2.05) is 31.3 Å². The van der Waals surface area contributed by atoms with Crippen molar-refractivity contribution >= 4 is 52.2 Å². The number of anilines is 1. The monoisotopic (exact) mass is 474 g/mol. The van der Waals surface area contributed by atoms with E-state index in [9.17, 15) is 14.4 Å². The summed E-state index contributed by atoms with van der Waals surface area (Å²) in [6, 6.07) is 18.6. The molecule has 2 amide bonds. The van der Waals surface area contributed by atoms with Gasteiger partial charge in [-0.05, 0) is 36.3 Å². The Morgan fingerprint density at radius 3 is 2.62 bits per heavy atom. The SMILES string of the molecule is C[n+]1ccc(/C=C2\Sc3ccccc3N2CCCC(=O)ON2C(=O)CCC2=O)c2ccccc21. The average Bonchev–Trinajstić information content (AvgIpc) is 3.35. The molecule has 0 aliphatic carbocycles. The van der Waals surface area contributed by atoms with Gasteiger partial charge < -0.3 is 9.74 Å². The maximum Gasteiger partial charge on any atom is 0.333 e. The molecule has 1 fully saturated rings. The molecule has 5 rings (SSSR count). The molecule has 1 saturated heterocycles. The zero-order valence-electron chi connectivity index (χ0n) is 18.8. The third-order valence-corrected chi connectivity index (χ3v) is 7.06. The highest BCUT2D eigenvalue weighted by atomic mass is 32.2. The molecule has 172 valence electrons. The number of aromatic nitrogens is 1. The topological polar surface area (TPSA) is 70.8 Å². The average molecular weight is 475 g/mol. The molecule has 3 heterocycles. The fourth-order valence-corrected chi connectivity index (χ4v) is 5.36. The molecule has 0 N–H and O–H groups in total. The minimum absolute atomic E-state index is 0.0915. The van der Waals surface area contributed by atoms with Crippen molar-refractivity contribution in [2.45, 2.75) is 30.6 Å². The second kappa shape index (κ2) is 9.30. The minimum Gasteiger partial charge on any atom is -0.335 e. The van der Waals surface area contributed by atoms with Crippen LogP contribution in [0.4, 0.5) is 5.69 Å². The van der Waals surface area contributed by atoms with Crippen LogP contribution in [0.2, 0.25) is 0 Å². The summed E-state index contributed by atoms with van der Waals surface area (Å²) in [5.74, 6) is -1.50. The maximum atomic E-state index is 12.3. The van der Waals surface area contributed by atoms with E-state index in [1.165, 1.54) is 5.39 Å². The number of pyridine rings is 1. The molecule has 8 heteroatoms. The number of para-hydroxylation sites is 2. The molecule has 2 aliphatic rings. The van der Waals surface area contributed by atoms with E-state index in [-0.39, 0.29) is 19.3 Å². The van der Waals surface area contributed by atoms with Gasteiger partial charge in [0, 0.05) is 42.8 Å². The fourth-order valence-electron chi connectivity index (χ4n) is 4.22. The van der Waals surface area contributed by atoms with E-state index in [0.29, 0.717) is 18.0 Å². The third kappa shape index (κ3) is 4.28. The van der Waals surface area contributed by atoms with Gasteiger partial charge in [0.2, 0.25) is 5.52 Å². The van der Waals surface area contributed by atoms with Crippen molar-refractivity contribution in [3.63, 3.8) is 0 Å². The van der Waals surface area contributed by atoms with Gasteiger partial charge in [-0.15, -0.1) is 5.06 Å². The first-order valence-electron chi connectivity index (χ1n) is 11.2. The third-order valence-electron chi connectivity index (χ3n) is 5.95. The van der Waals surface area contributed by atoms with Crippen molar-refractivity contribution < 1.29 is 23.8 Å². The zero-order valence-corrected chi connectivity index (χ0v) is 19.6. The smallest absolute Gasteiger partial charge is 0.333 e. The number of carbonyl (C=O) groups is 3. The van der Waals surface area contributed by atoms with Crippen LogP contribution in [0.25, 0.3) is 17.0 Å². The summed E-state index contributed by atoms with van der Waals surface area (Å²) in [5.41, 5.74) is 3.37. The van der Waals surface area contributed by atoms with Crippen LogP contribution in [-0.4, -0.2) is 29.4 Å². The van der Waals surface area contributed by atoms with Gasteiger partial charge in [0.05, 0.1) is 16.1 Å². The van der Waals surface area contributed by atoms with Crippen LogP contribution in [0, 0.1) is 0 Å². The minimum atomic E-state index is -0.573. The molecule has 0 atom stereocenters. The quantitative estimate of drug-likeness (QED) is 0.398. The highest BCUT2D eigenvalue weighted by Gasteiger charge is 2.33. The summed E-state index contributed by atoms with van der Waals surface area (Å²) in [6.07, 6.45) is 5.06. The van der Waals surface area contributed by atoms with Gasteiger partial charge >= 0.3 is 5.97 Å². The number of nitrogens with zero attached hydrogens (tertiary/aromatic N) is 3. The van der Waals surface area contributed by atoms with Crippen LogP contribution in [0.15, 0.2) is 70.7 Å². The van der Waals surface area contributed by atoms with E-state index >= 15 is 0 Å². The number of carbonyl (C=O) groups excluding carboxylic acids is 3. The van der Waals surface area contributed by atoms with Gasteiger partial charge in [-0.1, -0.05) is 36.0 Å². The molecule has 3 aromatic rings. The molecular weight excluding hydrogens is 450 g/mol. The Bertz CT molecular complexity index is 1320. The van der Waals surface area contributed by atoms with Gasteiger partial charge in [-0.2, -0.15) is 0 Å². The second-order valence-electron chi connectivity index (χ2n) is 8.25. The van der Waals surface area contributed by atoms with Crippen LogP contribution in [-0.2, 0) is 26.3 Å². The van der Waals surface area contributed by atoms with Crippen molar-refractivity contribution in [3.8, 4) is 0 Å². The Kier molecular flexibility index (Phi) is 6.06. The van der Waals surface area contributed by atoms with Gasteiger partial charge in [0.15, 0.2) is 6.20 Å². The lowest BCUT2D eigenvalue weighted by Crippen LogP contribution is -2.32. The lowest BCUT2D eigenvalue weighted by molar-refractivity contribution is -0.644. The van der Waals surface area contributed by atoms with Crippen LogP contribution in [0.3, 0.4) is 0 Å². The number of thioether (sulfide) groups is 1. The first-order chi connectivity index (χ1) is 16.5. The number of hydroxylamine groups is 2. The molecule has 2 aliphatic heterocycles. The Morgan fingerprint density at radius 2 is 1.79 bits per heavy atom. The number of hydrogen-bond donors (Lipinski definition) is 0. The Hall–Kier alpha value is -3.65. The molecule has 2 aromatic carbocycles. The summed E-state index contributed by atoms with van der Waals surface area (Å²) in [5, 5.41) is 2.85. The van der Waals surface area contributed by atoms with E-state index in [2.05, 4.69) is 52.1 Å². The lowest BCUT2D eigenvalue weighted by Gasteiger charge is -2.21. The zero-order chi connectivity index (χ0) is 23.7. The Labute approximate surface area is 201 Å². The van der Waals surface area contributed by atoms with Crippen molar-refractivity contribution in [2.75, 3.05) is 11.4 Å². The molecule has 0 saturated carbocycles. The lowest BCUT2D eigenvalue weighted by atomic mass is 10.1. The van der Waals surface area contributed by atoms with Crippen molar-refractivity contribution in [3.05, 3.63) is 71.4 Å². The normalized spacial score (nSPS) is 16.6. The number of imide groups is 1. The summed E-state index contributed by atoms with van der Waals surface area (Å²) >= 11 is 1.70. The molecule has 0 bridgehead atoms. The first-order valence-corrected chi connectivity index (χ1v) is 12.0. The molecule has 7 nitrogen and oxygen atoms in total. The number of benzene rings is 2. The molecule has 0 unspecified atom stereocenters. The van der Waals surface area contributed by atoms with E-state index in [4.69, 9.17) is 4.84 Å². The Morgan fingerprint density at radius 1 is 1.06 bits per heavy atom. The molecule has 34 heavy (non-hydrogen) atoms. The number of aryl methyl sites for hydroxylation is 1.